The van der Waals surface area contributed by atoms with E-state index in [4.69, 9.17) is 16.6 Å². The maximum absolute atomic E-state index is 13.4. The number of fused-ring (bicyclic) bond motifs is 4. The quantitative estimate of drug-likeness (QED) is 0.163. The molecule has 2 aliphatic rings. The van der Waals surface area contributed by atoms with E-state index < -0.39 is 6.03 Å². The molecule has 0 saturated carbocycles. The molecule has 3 aromatic carbocycles. The van der Waals surface area contributed by atoms with Crippen LogP contribution in [0, 0.1) is 12.3 Å². The fourth-order valence-electron chi connectivity index (χ4n) is 7.50. The molecule has 3 N–H and O–H groups in total. The van der Waals surface area contributed by atoms with Gasteiger partial charge in [-0.15, -0.1) is 11.3 Å². The molecule has 0 radical (unpaired) electrons. The molecule has 1 spiro atoms. The first-order valence-electron chi connectivity index (χ1n) is 16.8. The zero-order valence-electron chi connectivity index (χ0n) is 28.4. The van der Waals surface area contributed by atoms with E-state index in [1.54, 1.807) is 17.4 Å². The molecule has 2 aliphatic heterocycles. The zero-order chi connectivity index (χ0) is 34.8. The molecule has 3 aromatic heterocycles. The summed E-state index contributed by atoms with van der Waals surface area (Å²) in [5, 5.41) is 19.7. The topological polar surface area (TPSA) is 107 Å². The van der Waals surface area contributed by atoms with Gasteiger partial charge in [0.05, 0.1) is 27.3 Å². The van der Waals surface area contributed by atoms with Crippen molar-refractivity contribution in [3.05, 3.63) is 83.0 Å². The Labute approximate surface area is 304 Å². The van der Waals surface area contributed by atoms with E-state index in [2.05, 4.69) is 51.2 Å². The van der Waals surface area contributed by atoms with Gasteiger partial charge in [-0.25, -0.2) is 19.7 Å². The predicted octanol–water partition coefficient (Wildman–Crippen LogP) is 9.81. The standard InChI is InChI=1S/C38H38ClN7O2S2/c1-22-9-12-26-34(40-22)50-36(43-26)44-35(48)42-25-7-5-6-8-28(25)46-21-38(15-17-45(18-16-38)20-37(2,3)4)31-24(11-13-29(47)32(31)46)33-41-27-19-23(39)10-14-30(27)49-33/h5-14,19,47H,15-18,20-21H2,1-4H3,(H2,42,43,44,48). The van der Waals surface area contributed by atoms with Gasteiger partial charge in [-0.2, -0.15) is 0 Å². The van der Waals surface area contributed by atoms with E-state index >= 15 is 0 Å². The third kappa shape index (κ3) is 6.17. The number of hydrogen-bond donors (Lipinski definition) is 3. The summed E-state index contributed by atoms with van der Waals surface area (Å²) in [6.07, 6.45) is 1.86. The zero-order valence-corrected chi connectivity index (χ0v) is 30.8. The van der Waals surface area contributed by atoms with Crippen LogP contribution in [0.3, 0.4) is 0 Å². The number of phenols is 1. The first-order valence-corrected chi connectivity index (χ1v) is 18.8. The molecule has 2 amide bonds. The molecule has 0 aliphatic carbocycles. The van der Waals surface area contributed by atoms with Crippen LogP contribution in [-0.4, -0.2) is 57.2 Å². The second-order valence-electron chi connectivity index (χ2n) is 14.6. The van der Waals surface area contributed by atoms with Gasteiger partial charge in [-0.1, -0.05) is 55.8 Å². The van der Waals surface area contributed by atoms with E-state index in [1.807, 2.05) is 67.6 Å². The van der Waals surface area contributed by atoms with Gasteiger partial charge in [0.1, 0.15) is 21.1 Å². The van der Waals surface area contributed by atoms with Gasteiger partial charge in [0.2, 0.25) is 0 Å². The van der Waals surface area contributed by atoms with Gasteiger partial charge in [0, 0.05) is 34.8 Å². The van der Waals surface area contributed by atoms with Gasteiger partial charge >= 0.3 is 6.03 Å². The number of anilines is 4. The molecule has 1 fully saturated rings. The predicted molar refractivity (Wildman–Crippen MR) is 207 cm³/mol. The van der Waals surface area contributed by atoms with E-state index in [0.29, 0.717) is 22.4 Å². The highest BCUT2D eigenvalue weighted by atomic mass is 35.5. The number of amides is 2. The summed E-state index contributed by atoms with van der Waals surface area (Å²) in [5.74, 6) is 0.207. The van der Waals surface area contributed by atoms with E-state index in [1.165, 1.54) is 11.3 Å². The summed E-state index contributed by atoms with van der Waals surface area (Å²) >= 11 is 9.33. The number of phenolic OH excluding ortho intramolecular Hbond substituents is 1. The largest absolute Gasteiger partial charge is 0.506 e. The van der Waals surface area contributed by atoms with Crippen LogP contribution in [0.5, 0.6) is 5.75 Å². The molecule has 9 nitrogen and oxygen atoms in total. The molecule has 256 valence electrons. The number of piperidine rings is 1. The van der Waals surface area contributed by atoms with Crippen molar-refractivity contribution in [2.24, 2.45) is 5.41 Å². The number of aromatic hydroxyl groups is 1. The lowest BCUT2D eigenvalue weighted by atomic mass is 9.72. The van der Waals surface area contributed by atoms with Crippen molar-refractivity contribution in [3.63, 3.8) is 0 Å². The number of rotatable bonds is 5. The highest BCUT2D eigenvalue weighted by Gasteiger charge is 2.49. The number of pyridine rings is 1. The van der Waals surface area contributed by atoms with Crippen LogP contribution in [-0.2, 0) is 5.41 Å². The van der Waals surface area contributed by atoms with Crippen LogP contribution < -0.4 is 15.5 Å². The molecule has 12 heteroatoms. The minimum Gasteiger partial charge on any atom is -0.506 e. The number of carbonyl (C=O) groups excluding carboxylic acids is 1. The summed E-state index contributed by atoms with van der Waals surface area (Å²) < 4.78 is 1.06. The Morgan fingerprint density at radius 1 is 0.960 bits per heavy atom. The second-order valence-corrected chi connectivity index (χ2v) is 17.0. The Hall–Kier alpha value is -4.29. The molecule has 5 heterocycles. The lowest BCUT2D eigenvalue weighted by Crippen LogP contribution is -2.47. The molecule has 1 saturated heterocycles. The smallest absolute Gasteiger partial charge is 0.325 e. The lowest BCUT2D eigenvalue weighted by Gasteiger charge is -2.42. The van der Waals surface area contributed by atoms with Gasteiger partial charge < -0.3 is 20.2 Å². The monoisotopic (exact) mass is 723 g/mol. The summed E-state index contributed by atoms with van der Waals surface area (Å²) in [6, 6.07) is 20.8. The Bertz CT molecular complexity index is 2270. The van der Waals surface area contributed by atoms with Crippen molar-refractivity contribution in [2.45, 2.75) is 46.0 Å². The van der Waals surface area contributed by atoms with Crippen LogP contribution in [0.25, 0.3) is 31.1 Å². The minimum absolute atomic E-state index is 0.196. The lowest BCUT2D eigenvalue weighted by molar-refractivity contribution is 0.125. The number of benzene rings is 3. The summed E-state index contributed by atoms with van der Waals surface area (Å²) in [4.78, 5) is 33.1. The number of para-hydroxylation sites is 2. The van der Waals surface area contributed by atoms with Crippen molar-refractivity contribution in [1.82, 2.24) is 19.9 Å². The molecule has 50 heavy (non-hydrogen) atoms. The van der Waals surface area contributed by atoms with Crippen LogP contribution >= 0.6 is 34.3 Å². The highest BCUT2D eigenvalue weighted by Crippen LogP contribution is 2.57. The number of likely N-dealkylation sites (tertiary alicyclic amines) is 1. The van der Waals surface area contributed by atoms with E-state index in [-0.39, 0.29) is 16.6 Å². The van der Waals surface area contributed by atoms with Crippen LogP contribution in [0.4, 0.5) is 27.0 Å². The highest BCUT2D eigenvalue weighted by molar-refractivity contribution is 7.22. The molecular weight excluding hydrogens is 686 g/mol. The second kappa shape index (κ2) is 12.5. The maximum atomic E-state index is 13.4. The van der Waals surface area contributed by atoms with Crippen LogP contribution in [0.2, 0.25) is 5.02 Å². The van der Waals surface area contributed by atoms with Crippen molar-refractivity contribution in [1.29, 1.82) is 0 Å². The number of aryl methyl sites for hydroxylation is 1. The summed E-state index contributed by atoms with van der Waals surface area (Å²) in [5.41, 5.74) is 6.82. The number of hydrogen-bond acceptors (Lipinski definition) is 9. The van der Waals surface area contributed by atoms with Gasteiger partial charge in [-0.3, -0.25) is 5.32 Å². The average Bonchev–Trinajstić information content (AvgIpc) is 3.76. The van der Waals surface area contributed by atoms with Crippen molar-refractivity contribution >= 4 is 83.1 Å². The van der Waals surface area contributed by atoms with Crippen molar-refractivity contribution in [3.8, 4) is 16.3 Å². The number of nitrogens with one attached hydrogen (secondary N) is 2. The number of thiazole rings is 2. The minimum atomic E-state index is -0.399. The van der Waals surface area contributed by atoms with Crippen molar-refractivity contribution in [2.75, 3.05) is 41.7 Å². The van der Waals surface area contributed by atoms with Crippen molar-refractivity contribution < 1.29 is 9.90 Å². The summed E-state index contributed by atoms with van der Waals surface area (Å²) in [7, 11) is 0. The van der Waals surface area contributed by atoms with E-state index in [0.717, 1.165) is 86.2 Å². The molecule has 0 atom stereocenters. The molecule has 6 aromatic rings. The third-order valence-electron chi connectivity index (χ3n) is 9.57. The Balaban J connectivity index is 1.18. The van der Waals surface area contributed by atoms with Crippen LogP contribution in [0.1, 0.15) is 44.9 Å². The van der Waals surface area contributed by atoms with Gasteiger partial charge in [0.15, 0.2) is 5.13 Å². The number of carbonyl (C=O) groups is 1. The molecule has 0 unspecified atom stereocenters. The van der Waals surface area contributed by atoms with Crippen LogP contribution in [0.15, 0.2) is 66.7 Å². The first kappa shape index (κ1) is 32.9. The molecule has 8 rings (SSSR count). The number of halogens is 1. The Morgan fingerprint density at radius 2 is 1.76 bits per heavy atom. The fraction of sp³-hybridized carbons (Fsp3) is 0.316. The number of urea groups is 1. The Kier molecular flexibility index (Phi) is 8.21. The molecular formula is C38H38ClN7O2S2. The Morgan fingerprint density at radius 3 is 2.56 bits per heavy atom. The normalized spacial score (nSPS) is 16.0. The maximum Gasteiger partial charge on any atom is 0.325 e. The van der Waals surface area contributed by atoms with Gasteiger partial charge in [0.25, 0.3) is 0 Å². The number of aromatic nitrogens is 3. The fourth-order valence-corrected chi connectivity index (χ4v) is 9.52. The summed E-state index contributed by atoms with van der Waals surface area (Å²) in [6.45, 7) is 12.4. The average molecular weight is 724 g/mol. The molecule has 0 bridgehead atoms. The third-order valence-corrected chi connectivity index (χ3v) is 11.8. The number of nitrogens with zero attached hydrogens (tertiary/aromatic N) is 5. The van der Waals surface area contributed by atoms with E-state index in [9.17, 15) is 9.90 Å². The SMILES string of the molecule is Cc1ccc2nc(NC(=O)Nc3ccccc3N3CC4(CCN(CC(C)(C)C)CC4)c4c(-c5nc6cc(Cl)ccc6s5)ccc(O)c43)sc2n1. The van der Waals surface area contributed by atoms with Gasteiger partial charge in [-0.05, 0) is 98.4 Å². The first-order chi connectivity index (χ1) is 23.9.